The van der Waals surface area contributed by atoms with Gasteiger partial charge in [-0.05, 0) is 50.7 Å². The summed E-state index contributed by atoms with van der Waals surface area (Å²) in [6.07, 6.45) is 8.41. The second-order valence-electron chi connectivity index (χ2n) is 6.91. The lowest BCUT2D eigenvalue weighted by Crippen LogP contribution is -2.48. The third-order valence-electron chi connectivity index (χ3n) is 5.29. The highest BCUT2D eigenvalue weighted by Crippen LogP contribution is 2.40. The van der Waals surface area contributed by atoms with E-state index in [4.69, 9.17) is 9.72 Å². The maximum Gasteiger partial charge on any atom is 0.0928 e. The topological polar surface area (TPSA) is 34.2 Å². The highest BCUT2D eigenvalue weighted by Gasteiger charge is 2.41. The van der Waals surface area contributed by atoms with Crippen molar-refractivity contribution < 1.29 is 4.74 Å². The van der Waals surface area contributed by atoms with E-state index in [0.717, 1.165) is 19.4 Å². The van der Waals surface area contributed by atoms with Crippen molar-refractivity contribution >= 4 is 23.1 Å². The van der Waals surface area contributed by atoms with Gasteiger partial charge in [-0.2, -0.15) is 11.8 Å². The summed E-state index contributed by atoms with van der Waals surface area (Å²) in [6.45, 7) is 3.15. The smallest absolute Gasteiger partial charge is 0.0928 e. The summed E-state index contributed by atoms with van der Waals surface area (Å²) in [5.41, 5.74) is 1.56. The molecule has 0 unspecified atom stereocenters. The second-order valence-corrected chi connectivity index (χ2v) is 9.13. The predicted octanol–water partition coefficient (Wildman–Crippen LogP) is 3.73. The van der Waals surface area contributed by atoms with E-state index in [1.807, 2.05) is 11.3 Å². The molecular weight excluding hydrogens is 312 g/mol. The number of aromatic nitrogens is 1. The predicted molar refractivity (Wildman–Crippen MR) is 94.0 cm³/mol. The molecule has 3 atom stereocenters. The minimum absolute atomic E-state index is 0.181. The van der Waals surface area contributed by atoms with Crippen LogP contribution in [-0.2, 0) is 17.6 Å². The van der Waals surface area contributed by atoms with Gasteiger partial charge in [-0.15, -0.1) is 11.3 Å². The van der Waals surface area contributed by atoms with Crippen LogP contribution >= 0.6 is 23.1 Å². The van der Waals surface area contributed by atoms with E-state index in [1.54, 1.807) is 0 Å². The Kier molecular flexibility index (Phi) is 4.50. The molecule has 2 saturated heterocycles. The molecule has 0 radical (unpaired) electrons. The first kappa shape index (κ1) is 15.4. The fraction of sp³-hybridized carbons (Fsp3) is 0.824. The Morgan fingerprint density at radius 1 is 1.41 bits per heavy atom. The summed E-state index contributed by atoms with van der Waals surface area (Å²) < 4.78 is 6.17. The highest BCUT2D eigenvalue weighted by atomic mass is 32.2. The van der Waals surface area contributed by atoms with Gasteiger partial charge in [-0.25, -0.2) is 4.98 Å². The molecule has 0 saturated carbocycles. The zero-order chi connectivity index (χ0) is 15.0. The van der Waals surface area contributed by atoms with E-state index in [-0.39, 0.29) is 5.60 Å². The SMILES string of the molecule is CCc1nc2c(s1)[C@H](N[C@@H]1CCO[C@@]3(CCSC3)C1)CCC2. The van der Waals surface area contributed by atoms with Crippen molar-refractivity contribution in [1.29, 1.82) is 0 Å². The molecule has 0 aromatic carbocycles. The van der Waals surface area contributed by atoms with Crippen LogP contribution in [0.3, 0.4) is 0 Å². The van der Waals surface area contributed by atoms with E-state index in [0.29, 0.717) is 12.1 Å². The average Bonchev–Trinajstić information content (AvgIpc) is 3.15. The Balaban J connectivity index is 1.46. The molecular formula is C17H26N2OS2. The number of ether oxygens (including phenoxy) is 1. The van der Waals surface area contributed by atoms with Crippen molar-refractivity contribution in [1.82, 2.24) is 10.3 Å². The van der Waals surface area contributed by atoms with E-state index in [9.17, 15) is 0 Å². The van der Waals surface area contributed by atoms with Crippen molar-refractivity contribution in [2.45, 2.75) is 69.6 Å². The molecule has 1 aliphatic carbocycles. The third-order valence-corrected chi connectivity index (χ3v) is 7.87. The minimum atomic E-state index is 0.181. The Hall–Kier alpha value is -0.100. The molecule has 22 heavy (non-hydrogen) atoms. The second kappa shape index (κ2) is 6.42. The van der Waals surface area contributed by atoms with Crippen LogP contribution < -0.4 is 5.32 Å². The molecule has 1 aromatic heterocycles. The Morgan fingerprint density at radius 3 is 3.18 bits per heavy atom. The Labute approximate surface area is 141 Å². The van der Waals surface area contributed by atoms with Crippen molar-refractivity contribution in [3.8, 4) is 0 Å². The first-order valence-electron chi connectivity index (χ1n) is 8.74. The van der Waals surface area contributed by atoms with Crippen LogP contribution in [0.15, 0.2) is 0 Å². The molecule has 2 fully saturated rings. The molecule has 1 aromatic rings. The number of hydrogen-bond donors (Lipinski definition) is 1. The van der Waals surface area contributed by atoms with E-state index in [1.165, 1.54) is 59.2 Å². The average molecular weight is 339 g/mol. The molecule has 2 aliphatic heterocycles. The molecule has 3 nitrogen and oxygen atoms in total. The van der Waals surface area contributed by atoms with E-state index >= 15 is 0 Å². The van der Waals surface area contributed by atoms with Crippen LogP contribution in [-0.4, -0.2) is 34.7 Å². The summed E-state index contributed by atoms with van der Waals surface area (Å²) in [5.74, 6) is 2.47. The zero-order valence-corrected chi connectivity index (χ0v) is 15.0. The summed E-state index contributed by atoms with van der Waals surface area (Å²) in [5, 5.41) is 5.30. The van der Waals surface area contributed by atoms with Crippen molar-refractivity contribution in [3.05, 3.63) is 15.6 Å². The normalized spacial score (nSPS) is 35.0. The van der Waals surface area contributed by atoms with Crippen LogP contribution in [0.1, 0.15) is 60.6 Å². The van der Waals surface area contributed by atoms with Gasteiger partial charge >= 0.3 is 0 Å². The molecule has 4 rings (SSSR count). The van der Waals surface area contributed by atoms with Crippen LogP contribution in [0.2, 0.25) is 0 Å². The molecule has 5 heteroatoms. The number of nitrogens with zero attached hydrogens (tertiary/aromatic N) is 1. The Morgan fingerprint density at radius 2 is 2.36 bits per heavy atom. The maximum absolute atomic E-state index is 6.17. The number of fused-ring (bicyclic) bond motifs is 1. The van der Waals surface area contributed by atoms with Gasteiger partial charge < -0.3 is 10.1 Å². The number of nitrogens with one attached hydrogen (secondary N) is 1. The maximum atomic E-state index is 6.17. The van der Waals surface area contributed by atoms with Crippen LogP contribution in [0.4, 0.5) is 0 Å². The number of thioether (sulfide) groups is 1. The monoisotopic (exact) mass is 338 g/mol. The molecule has 0 bridgehead atoms. The largest absolute Gasteiger partial charge is 0.374 e. The van der Waals surface area contributed by atoms with Gasteiger partial charge in [0, 0.05) is 29.3 Å². The van der Waals surface area contributed by atoms with Crippen molar-refractivity contribution in [3.63, 3.8) is 0 Å². The van der Waals surface area contributed by atoms with Gasteiger partial charge in [-0.1, -0.05) is 6.92 Å². The van der Waals surface area contributed by atoms with Crippen LogP contribution in [0.5, 0.6) is 0 Å². The molecule has 3 aliphatic rings. The lowest BCUT2D eigenvalue weighted by Gasteiger charge is -2.40. The van der Waals surface area contributed by atoms with Crippen molar-refractivity contribution in [2.75, 3.05) is 18.1 Å². The first-order chi connectivity index (χ1) is 10.8. The van der Waals surface area contributed by atoms with Gasteiger partial charge in [0.05, 0.1) is 16.3 Å². The zero-order valence-electron chi connectivity index (χ0n) is 13.4. The van der Waals surface area contributed by atoms with E-state index < -0.39 is 0 Å². The van der Waals surface area contributed by atoms with Gasteiger partial charge in [-0.3, -0.25) is 0 Å². The molecule has 1 spiro atoms. The van der Waals surface area contributed by atoms with Gasteiger partial charge in [0.15, 0.2) is 0 Å². The quantitative estimate of drug-likeness (QED) is 0.911. The lowest BCUT2D eigenvalue weighted by atomic mass is 9.88. The van der Waals surface area contributed by atoms with Crippen LogP contribution in [0, 0.1) is 0 Å². The standard InChI is InChI=1S/C17H26N2OS2/c1-2-15-19-14-5-3-4-13(16(14)22-15)18-12-6-8-20-17(10-12)7-9-21-11-17/h12-13,18H,2-11H2,1H3/t12-,13-,17+/m1/s1. The molecule has 122 valence electrons. The van der Waals surface area contributed by atoms with Crippen molar-refractivity contribution in [2.24, 2.45) is 0 Å². The number of rotatable bonds is 3. The fourth-order valence-corrected chi connectivity index (χ4v) is 6.62. The first-order valence-corrected chi connectivity index (χ1v) is 10.7. The minimum Gasteiger partial charge on any atom is -0.374 e. The Bertz CT molecular complexity index is 525. The summed E-state index contributed by atoms with van der Waals surface area (Å²) >= 11 is 4.01. The highest BCUT2D eigenvalue weighted by molar-refractivity contribution is 7.99. The molecule has 1 N–H and O–H groups in total. The van der Waals surface area contributed by atoms with Gasteiger partial charge in [0.1, 0.15) is 0 Å². The third kappa shape index (κ3) is 2.97. The molecule has 0 amide bonds. The van der Waals surface area contributed by atoms with E-state index in [2.05, 4.69) is 24.0 Å². The number of aryl methyl sites for hydroxylation is 2. The summed E-state index contributed by atoms with van der Waals surface area (Å²) in [6, 6.07) is 1.16. The number of hydrogen-bond acceptors (Lipinski definition) is 5. The molecule has 3 heterocycles. The fourth-order valence-electron chi connectivity index (χ4n) is 4.10. The summed E-state index contributed by atoms with van der Waals surface area (Å²) in [4.78, 5) is 6.37. The lowest BCUT2D eigenvalue weighted by molar-refractivity contribution is -0.0715. The van der Waals surface area contributed by atoms with Gasteiger partial charge in [0.2, 0.25) is 0 Å². The van der Waals surface area contributed by atoms with Crippen LogP contribution in [0.25, 0.3) is 0 Å². The number of thiazole rings is 1. The van der Waals surface area contributed by atoms with Gasteiger partial charge in [0.25, 0.3) is 0 Å². The summed E-state index contributed by atoms with van der Waals surface area (Å²) in [7, 11) is 0.